The van der Waals surface area contributed by atoms with E-state index >= 15 is 0 Å². The minimum Gasteiger partial charge on any atom is -0.498 e. The second kappa shape index (κ2) is 3.26. The van der Waals surface area contributed by atoms with Crippen molar-refractivity contribution in [2.24, 2.45) is 0 Å². The van der Waals surface area contributed by atoms with Crippen molar-refractivity contribution < 1.29 is 4.74 Å². The Balaban J connectivity index is 2.19. The van der Waals surface area contributed by atoms with Crippen LogP contribution in [0.2, 0.25) is 0 Å². The van der Waals surface area contributed by atoms with E-state index in [-0.39, 0.29) is 0 Å². The number of aromatic nitrogens is 1. The third-order valence-electron chi connectivity index (χ3n) is 1.73. The number of hydrogen-bond acceptors (Lipinski definition) is 3. The van der Waals surface area contributed by atoms with E-state index < -0.39 is 0 Å². The molecule has 1 aromatic heterocycles. The molecule has 1 aliphatic rings. The number of hydrogen-bond donors (Lipinski definition) is 0. The molecule has 1 aliphatic heterocycles. The lowest BCUT2D eigenvalue weighted by molar-refractivity contribution is 0.245. The van der Waals surface area contributed by atoms with E-state index in [4.69, 9.17) is 4.74 Å². The molecule has 0 N–H and O–H groups in total. The van der Waals surface area contributed by atoms with Gasteiger partial charge < -0.3 is 9.64 Å². The second-order valence-electron chi connectivity index (χ2n) is 2.54. The van der Waals surface area contributed by atoms with Gasteiger partial charge in [-0.25, -0.2) is 4.98 Å². The Morgan fingerprint density at radius 2 is 2.42 bits per heavy atom. The van der Waals surface area contributed by atoms with Crippen molar-refractivity contribution in [2.75, 3.05) is 18.1 Å². The Bertz CT molecular complexity index is 271. The monoisotopic (exact) mass is 162 g/mol. The van der Waals surface area contributed by atoms with Gasteiger partial charge in [-0.2, -0.15) is 0 Å². The van der Waals surface area contributed by atoms with Crippen LogP contribution < -0.4 is 4.90 Å². The molecule has 62 valence electrons. The highest BCUT2D eigenvalue weighted by atomic mass is 16.5. The van der Waals surface area contributed by atoms with Gasteiger partial charge in [0.1, 0.15) is 12.4 Å². The van der Waals surface area contributed by atoms with Crippen molar-refractivity contribution in [3.05, 3.63) is 36.9 Å². The van der Waals surface area contributed by atoms with Crippen LogP contribution in [0.5, 0.6) is 0 Å². The van der Waals surface area contributed by atoms with E-state index in [2.05, 4.69) is 9.88 Å². The van der Waals surface area contributed by atoms with Crippen LogP contribution in [0.25, 0.3) is 0 Å². The summed E-state index contributed by atoms with van der Waals surface area (Å²) in [4.78, 5) is 6.28. The Kier molecular flexibility index (Phi) is 1.94. The third-order valence-corrected chi connectivity index (χ3v) is 1.73. The summed E-state index contributed by atoms with van der Waals surface area (Å²) >= 11 is 0. The predicted octanol–water partition coefficient (Wildman–Crippen LogP) is 1.39. The first-order valence-electron chi connectivity index (χ1n) is 3.93. The maximum atomic E-state index is 5.07. The minimum absolute atomic E-state index is 0.729. The summed E-state index contributed by atoms with van der Waals surface area (Å²) in [6.45, 7) is 1.60. The van der Waals surface area contributed by atoms with E-state index in [1.54, 1.807) is 12.5 Å². The molecule has 2 rings (SSSR count). The molecule has 0 saturated heterocycles. The maximum Gasteiger partial charge on any atom is 0.132 e. The van der Waals surface area contributed by atoms with Gasteiger partial charge in [0.05, 0.1) is 12.8 Å². The Morgan fingerprint density at radius 1 is 1.42 bits per heavy atom. The SMILES string of the molecule is C1=CN(c2ccccn2)CCO1. The van der Waals surface area contributed by atoms with Gasteiger partial charge in [-0.05, 0) is 12.1 Å². The van der Waals surface area contributed by atoms with Crippen LogP contribution in [0.1, 0.15) is 0 Å². The zero-order valence-electron chi connectivity index (χ0n) is 6.68. The molecule has 3 heteroatoms. The van der Waals surface area contributed by atoms with E-state index in [1.807, 2.05) is 24.4 Å². The molecular formula is C9H10N2O. The summed E-state index contributed by atoms with van der Waals surface area (Å²) < 4.78 is 5.07. The summed E-state index contributed by atoms with van der Waals surface area (Å²) in [5.41, 5.74) is 0. The van der Waals surface area contributed by atoms with Crippen LogP contribution in [0, 0.1) is 0 Å². The highest BCUT2D eigenvalue weighted by Gasteiger charge is 2.06. The average molecular weight is 162 g/mol. The lowest BCUT2D eigenvalue weighted by Crippen LogP contribution is -2.24. The Morgan fingerprint density at radius 3 is 3.08 bits per heavy atom. The number of rotatable bonds is 1. The Labute approximate surface area is 71.3 Å². The van der Waals surface area contributed by atoms with E-state index in [9.17, 15) is 0 Å². The minimum atomic E-state index is 0.729. The van der Waals surface area contributed by atoms with Crippen LogP contribution in [0.4, 0.5) is 5.82 Å². The van der Waals surface area contributed by atoms with Gasteiger partial charge in [-0.15, -0.1) is 0 Å². The zero-order chi connectivity index (χ0) is 8.23. The average Bonchev–Trinajstić information content (AvgIpc) is 2.21. The molecule has 0 spiro atoms. The number of ether oxygens (including phenoxy) is 1. The van der Waals surface area contributed by atoms with Gasteiger partial charge in [0.25, 0.3) is 0 Å². The highest BCUT2D eigenvalue weighted by Crippen LogP contribution is 2.11. The predicted molar refractivity (Wildman–Crippen MR) is 46.7 cm³/mol. The normalized spacial score (nSPS) is 15.8. The van der Waals surface area contributed by atoms with Gasteiger partial charge in [0, 0.05) is 12.4 Å². The standard InChI is InChI=1S/C9H10N2O/c1-2-4-10-9(3-1)11-5-7-12-8-6-11/h1-5,7H,6,8H2. The smallest absolute Gasteiger partial charge is 0.132 e. The molecule has 0 bridgehead atoms. The first-order chi connectivity index (χ1) is 5.97. The lowest BCUT2D eigenvalue weighted by Gasteiger charge is -2.21. The lowest BCUT2D eigenvalue weighted by atomic mass is 10.4. The summed E-state index contributed by atoms with van der Waals surface area (Å²) in [6.07, 6.45) is 5.38. The third kappa shape index (κ3) is 1.39. The maximum absolute atomic E-state index is 5.07. The zero-order valence-corrected chi connectivity index (χ0v) is 6.68. The molecule has 2 heterocycles. The van der Waals surface area contributed by atoms with Crippen molar-refractivity contribution >= 4 is 5.82 Å². The first-order valence-corrected chi connectivity index (χ1v) is 3.93. The molecule has 0 atom stereocenters. The quantitative estimate of drug-likeness (QED) is 0.624. The topological polar surface area (TPSA) is 25.4 Å². The van der Waals surface area contributed by atoms with Crippen molar-refractivity contribution in [3.8, 4) is 0 Å². The number of pyridine rings is 1. The van der Waals surface area contributed by atoms with Crippen LogP contribution in [-0.2, 0) is 4.74 Å². The largest absolute Gasteiger partial charge is 0.498 e. The molecule has 0 radical (unpaired) electrons. The summed E-state index contributed by atoms with van der Waals surface area (Å²) in [6, 6.07) is 5.87. The molecule has 12 heavy (non-hydrogen) atoms. The Hall–Kier alpha value is -1.51. The van der Waals surface area contributed by atoms with Crippen LogP contribution in [0.15, 0.2) is 36.9 Å². The molecule has 0 fully saturated rings. The molecule has 0 unspecified atom stereocenters. The van der Waals surface area contributed by atoms with E-state index in [1.165, 1.54) is 0 Å². The van der Waals surface area contributed by atoms with Crippen LogP contribution in [-0.4, -0.2) is 18.1 Å². The van der Waals surface area contributed by atoms with Crippen molar-refractivity contribution in [3.63, 3.8) is 0 Å². The van der Waals surface area contributed by atoms with Gasteiger partial charge in [-0.3, -0.25) is 0 Å². The fraction of sp³-hybridized carbons (Fsp3) is 0.222. The van der Waals surface area contributed by atoms with Crippen molar-refractivity contribution in [1.82, 2.24) is 4.98 Å². The molecule has 0 aromatic carbocycles. The second-order valence-corrected chi connectivity index (χ2v) is 2.54. The van der Waals surface area contributed by atoms with Crippen LogP contribution in [0.3, 0.4) is 0 Å². The summed E-state index contributed by atoms with van der Waals surface area (Å²) in [5, 5.41) is 0. The summed E-state index contributed by atoms with van der Waals surface area (Å²) in [7, 11) is 0. The van der Waals surface area contributed by atoms with Crippen LogP contribution >= 0.6 is 0 Å². The fourth-order valence-corrected chi connectivity index (χ4v) is 1.12. The van der Waals surface area contributed by atoms with Gasteiger partial charge in [0.2, 0.25) is 0 Å². The van der Waals surface area contributed by atoms with E-state index in [0.717, 1.165) is 19.0 Å². The molecular weight excluding hydrogens is 152 g/mol. The molecule has 0 amide bonds. The first kappa shape index (κ1) is 7.16. The van der Waals surface area contributed by atoms with Crippen molar-refractivity contribution in [1.29, 1.82) is 0 Å². The van der Waals surface area contributed by atoms with Crippen molar-refractivity contribution in [2.45, 2.75) is 0 Å². The number of nitrogens with zero attached hydrogens (tertiary/aromatic N) is 2. The summed E-state index contributed by atoms with van der Waals surface area (Å²) in [5.74, 6) is 0.969. The van der Waals surface area contributed by atoms with Gasteiger partial charge in [-0.1, -0.05) is 6.07 Å². The van der Waals surface area contributed by atoms with Gasteiger partial charge in [0.15, 0.2) is 0 Å². The molecule has 0 saturated carbocycles. The molecule has 1 aromatic rings. The molecule has 3 nitrogen and oxygen atoms in total. The highest BCUT2D eigenvalue weighted by molar-refractivity contribution is 5.41. The van der Waals surface area contributed by atoms with E-state index in [0.29, 0.717) is 0 Å². The number of anilines is 1. The van der Waals surface area contributed by atoms with Gasteiger partial charge >= 0.3 is 0 Å². The fourth-order valence-electron chi connectivity index (χ4n) is 1.12. The molecule has 0 aliphatic carbocycles.